The van der Waals surface area contributed by atoms with Gasteiger partial charge < -0.3 is 0 Å². The first-order chi connectivity index (χ1) is 10.5. The van der Waals surface area contributed by atoms with Gasteiger partial charge in [-0.25, -0.2) is 12.8 Å². The van der Waals surface area contributed by atoms with E-state index in [0.29, 0.717) is 5.56 Å². The normalized spacial score (nSPS) is 10.8. The molecule has 0 bridgehead atoms. The van der Waals surface area contributed by atoms with Crippen molar-refractivity contribution in [3.8, 4) is 11.8 Å². The van der Waals surface area contributed by atoms with Gasteiger partial charge in [-0.1, -0.05) is 30.9 Å². The van der Waals surface area contributed by atoms with Crippen LogP contribution in [0.1, 0.15) is 18.1 Å². The lowest BCUT2D eigenvalue weighted by atomic mass is 10.2. The molecule has 0 atom stereocenters. The molecule has 0 amide bonds. The number of rotatable bonds is 4. The maximum atomic E-state index is 12.7. The van der Waals surface area contributed by atoms with Gasteiger partial charge in [0.2, 0.25) is 10.0 Å². The van der Waals surface area contributed by atoms with E-state index in [1.165, 1.54) is 12.1 Å². The number of aryl methyl sites for hydroxylation is 1. The molecule has 0 spiro atoms. The molecule has 0 aliphatic rings. The third kappa shape index (κ3) is 4.42. The number of benzene rings is 2. The van der Waals surface area contributed by atoms with E-state index in [0.717, 1.165) is 12.0 Å². The summed E-state index contributed by atoms with van der Waals surface area (Å²) in [6, 6.07) is 12.4. The minimum atomic E-state index is -3.56. The van der Waals surface area contributed by atoms with Crippen LogP contribution in [-0.4, -0.2) is 15.0 Å². The fourth-order valence-corrected chi connectivity index (χ4v) is 2.72. The summed E-state index contributed by atoms with van der Waals surface area (Å²) in [4.78, 5) is 0.216. The molecule has 2 rings (SSSR count). The van der Waals surface area contributed by atoms with Crippen LogP contribution in [0.25, 0.3) is 0 Å². The van der Waals surface area contributed by atoms with Crippen LogP contribution in [0.3, 0.4) is 0 Å². The Morgan fingerprint density at radius 3 is 2.27 bits per heavy atom. The summed E-state index contributed by atoms with van der Waals surface area (Å²) >= 11 is 0. The van der Waals surface area contributed by atoms with Crippen molar-refractivity contribution in [2.24, 2.45) is 0 Å². The third-order valence-electron chi connectivity index (χ3n) is 3.07. The summed E-state index contributed by atoms with van der Waals surface area (Å²) in [6.07, 6.45) is 0.858. The van der Waals surface area contributed by atoms with E-state index in [1.54, 1.807) is 36.4 Å². The third-order valence-corrected chi connectivity index (χ3v) is 4.49. The lowest BCUT2D eigenvalue weighted by molar-refractivity contribution is 0.586. The molecule has 0 saturated carbocycles. The molecule has 114 valence electrons. The van der Waals surface area contributed by atoms with Gasteiger partial charge in [0.25, 0.3) is 0 Å². The number of nitrogens with one attached hydrogen (secondary N) is 1. The highest BCUT2D eigenvalue weighted by molar-refractivity contribution is 7.89. The highest BCUT2D eigenvalue weighted by Gasteiger charge is 2.11. The molecule has 0 aromatic heterocycles. The molecule has 2 aromatic carbocycles. The van der Waals surface area contributed by atoms with Crippen LogP contribution in [0, 0.1) is 17.7 Å². The van der Waals surface area contributed by atoms with Crippen molar-refractivity contribution in [2.45, 2.75) is 18.2 Å². The van der Waals surface area contributed by atoms with Crippen LogP contribution in [0.4, 0.5) is 4.39 Å². The zero-order valence-corrected chi connectivity index (χ0v) is 13.0. The average Bonchev–Trinajstić information content (AvgIpc) is 2.53. The number of halogens is 1. The van der Waals surface area contributed by atoms with Gasteiger partial charge in [-0.3, -0.25) is 0 Å². The molecule has 0 aliphatic carbocycles. The predicted molar refractivity (Wildman–Crippen MR) is 84.3 cm³/mol. The highest BCUT2D eigenvalue weighted by atomic mass is 32.2. The van der Waals surface area contributed by atoms with Crippen molar-refractivity contribution >= 4 is 10.0 Å². The molecular formula is C17H16FNO2S. The fraction of sp³-hybridized carbons (Fsp3) is 0.176. The lowest BCUT2D eigenvalue weighted by Gasteiger charge is -2.04. The Hall–Kier alpha value is -2.16. The van der Waals surface area contributed by atoms with E-state index in [4.69, 9.17) is 0 Å². The molecule has 0 unspecified atom stereocenters. The predicted octanol–water partition coefficient (Wildman–Crippen LogP) is 2.72. The summed E-state index contributed by atoms with van der Waals surface area (Å²) in [5.74, 6) is 5.15. The van der Waals surface area contributed by atoms with Crippen LogP contribution in [0.2, 0.25) is 0 Å². The second-order valence-corrected chi connectivity index (χ2v) is 6.40. The molecular weight excluding hydrogens is 301 g/mol. The van der Waals surface area contributed by atoms with E-state index in [9.17, 15) is 12.8 Å². The summed E-state index contributed by atoms with van der Waals surface area (Å²) < 4.78 is 39.3. The lowest BCUT2D eigenvalue weighted by Crippen LogP contribution is -2.24. The van der Waals surface area contributed by atoms with E-state index in [-0.39, 0.29) is 17.3 Å². The van der Waals surface area contributed by atoms with Gasteiger partial charge in [-0.15, -0.1) is 0 Å². The summed E-state index contributed by atoms with van der Waals surface area (Å²) in [5.41, 5.74) is 1.71. The second kappa shape index (κ2) is 7.21. The number of hydrogen-bond acceptors (Lipinski definition) is 2. The van der Waals surface area contributed by atoms with E-state index < -0.39 is 10.0 Å². The van der Waals surface area contributed by atoms with Gasteiger partial charge in [0.05, 0.1) is 11.4 Å². The van der Waals surface area contributed by atoms with Crippen LogP contribution >= 0.6 is 0 Å². The van der Waals surface area contributed by atoms with Gasteiger partial charge in [-0.2, -0.15) is 4.72 Å². The van der Waals surface area contributed by atoms with E-state index >= 15 is 0 Å². The SMILES string of the molecule is CCc1ccc(S(=O)(=O)NCC#Cc2ccc(F)cc2)cc1. The van der Waals surface area contributed by atoms with Crippen molar-refractivity contribution in [3.05, 3.63) is 65.5 Å². The van der Waals surface area contributed by atoms with Crippen molar-refractivity contribution in [1.29, 1.82) is 0 Å². The molecule has 0 fully saturated rings. The Morgan fingerprint density at radius 2 is 1.68 bits per heavy atom. The Balaban J connectivity index is 1.99. The Bertz CT molecular complexity index is 785. The minimum absolute atomic E-state index is 0.00472. The molecule has 0 heterocycles. The molecule has 2 aromatic rings. The molecule has 5 heteroatoms. The largest absolute Gasteiger partial charge is 0.241 e. The minimum Gasteiger partial charge on any atom is -0.207 e. The van der Waals surface area contributed by atoms with Crippen molar-refractivity contribution in [2.75, 3.05) is 6.54 Å². The number of hydrogen-bond donors (Lipinski definition) is 1. The van der Waals surface area contributed by atoms with Crippen molar-refractivity contribution in [3.63, 3.8) is 0 Å². The summed E-state index contributed by atoms with van der Waals surface area (Å²) in [7, 11) is -3.56. The number of sulfonamides is 1. The smallest absolute Gasteiger partial charge is 0.207 e. The van der Waals surface area contributed by atoms with E-state index in [2.05, 4.69) is 16.6 Å². The van der Waals surface area contributed by atoms with Crippen molar-refractivity contribution < 1.29 is 12.8 Å². The first-order valence-corrected chi connectivity index (χ1v) is 8.32. The topological polar surface area (TPSA) is 46.2 Å². The van der Waals surface area contributed by atoms with Crippen molar-refractivity contribution in [1.82, 2.24) is 4.72 Å². The quantitative estimate of drug-likeness (QED) is 0.881. The van der Waals surface area contributed by atoms with Crippen LogP contribution in [0.5, 0.6) is 0 Å². The van der Waals surface area contributed by atoms with E-state index in [1.807, 2.05) is 6.92 Å². The summed E-state index contributed by atoms with van der Waals surface area (Å²) in [6.45, 7) is 2.00. The van der Waals surface area contributed by atoms with Gasteiger partial charge in [0.15, 0.2) is 0 Å². The van der Waals surface area contributed by atoms with Gasteiger partial charge in [0.1, 0.15) is 5.82 Å². The van der Waals surface area contributed by atoms with Crippen LogP contribution in [0.15, 0.2) is 53.4 Å². The average molecular weight is 317 g/mol. The molecule has 22 heavy (non-hydrogen) atoms. The van der Waals surface area contributed by atoms with Gasteiger partial charge >= 0.3 is 0 Å². The maximum absolute atomic E-state index is 12.7. The molecule has 1 N–H and O–H groups in total. The van der Waals surface area contributed by atoms with Gasteiger partial charge in [0, 0.05) is 5.56 Å². The molecule has 0 aliphatic heterocycles. The zero-order chi connectivity index (χ0) is 16.0. The monoisotopic (exact) mass is 317 g/mol. The Labute approximate surface area is 130 Å². The zero-order valence-electron chi connectivity index (χ0n) is 12.1. The molecule has 0 radical (unpaired) electrons. The molecule has 3 nitrogen and oxygen atoms in total. The Morgan fingerprint density at radius 1 is 1.05 bits per heavy atom. The second-order valence-electron chi connectivity index (χ2n) is 4.63. The fourth-order valence-electron chi connectivity index (χ4n) is 1.80. The maximum Gasteiger partial charge on any atom is 0.241 e. The highest BCUT2D eigenvalue weighted by Crippen LogP contribution is 2.10. The van der Waals surface area contributed by atoms with Gasteiger partial charge in [-0.05, 0) is 48.4 Å². The first kappa shape index (κ1) is 16.2. The standard InChI is InChI=1S/C17H16FNO2S/c1-2-14-7-11-17(12-8-14)22(20,21)19-13-3-4-15-5-9-16(18)10-6-15/h5-12,19H,2,13H2,1H3. The summed E-state index contributed by atoms with van der Waals surface area (Å²) in [5, 5.41) is 0. The van der Waals surface area contributed by atoms with Crippen LogP contribution in [-0.2, 0) is 16.4 Å². The van der Waals surface area contributed by atoms with Crippen LogP contribution < -0.4 is 4.72 Å². The molecule has 0 saturated heterocycles. The Kier molecular flexibility index (Phi) is 5.31. The first-order valence-electron chi connectivity index (χ1n) is 6.84.